The van der Waals surface area contributed by atoms with Gasteiger partial charge in [0.15, 0.2) is 11.6 Å². The maximum atomic E-state index is 12.9. The molecule has 113 heavy (non-hydrogen) atoms. The number of aliphatic hydroxyl groups is 1. The SMILES string of the molecule is CC(C)N1CCOCC1.CC(C)c1ccc(CO)cc1.CC(C)c1ccc(F)c(F)c1.CC(C)c1ccc(F)cc1F.CC(C)c1ccccc1F.CC(C)c1cccnc1.CC(C)c1ccco1.CC(C)c1cccs1.CC(C)c1ccncc1.CC(C)c1ccoc1.CC(C)c1ccsc1.CC(C)c1cnn(C)c1.CF. The molecule has 12 rings (SSSR count). The Labute approximate surface area is 685 Å². The van der Waals surface area contributed by atoms with Crippen LogP contribution in [0.5, 0.6) is 0 Å². The summed E-state index contributed by atoms with van der Waals surface area (Å²) < 4.78 is 89.5. The number of rotatable bonds is 13. The zero-order chi connectivity index (χ0) is 85.5. The van der Waals surface area contributed by atoms with E-state index in [2.05, 4.69) is 197 Å². The number of hydrogen-bond donors (Lipinski definition) is 1. The number of ether oxygens (including phenoxy) is 1. The first-order valence-corrected chi connectivity index (χ1v) is 41.3. The minimum atomic E-state index is -0.783. The quantitative estimate of drug-likeness (QED) is 0.114. The minimum Gasteiger partial charge on any atom is -0.472 e. The Morgan fingerprint density at radius 3 is 1.31 bits per heavy atom. The summed E-state index contributed by atoms with van der Waals surface area (Å²) in [6, 6.07) is 43.8. The van der Waals surface area contributed by atoms with Gasteiger partial charge in [0.1, 0.15) is 23.2 Å². The zero-order valence-electron chi connectivity index (χ0n) is 72.7. The lowest BCUT2D eigenvalue weighted by atomic mass is 10.0. The molecule has 0 aliphatic carbocycles. The largest absolute Gasteiger partial charge is 0.472 e. The van der Waals surface area contributed by atoms with Crippen molar-refractivity contribution in [2.24, 2.45) is 7.05 Å². The molecule has 9 nitrogen and oxygen atoms in total. The zero-order valence-corrected chi connectivity index (χ0v) is 74.4. The third kappa shape index (κ3) is 47.9. The van der Waals surface area contributed by atoms with E-state index in [1.807, 2.05) is 156 Å². The number of nitrogens with zero attached hydrogens (tertiary/aromatic N) is 5. The molecular weight excluding hydrogens is 1470 g/mol. The summed E-state index contributed by atoms with van der Waals surface area (Å²) >= 11 is 3.60. The monoisotopic (exact) mass is 1600 g/mol. The van der Waals surface area contributed by atoms with Gasteiger partial charge >= 0.3 is 0 Å². The van der Waals surface area contributed by atoms with Crippen molar-refractivity contribution in [2.45, 2.75) is 244 Å². The molecule has 1 fully saturated rings. The number of aryl methyl sites for hydroxylation is 1. The highest BCUT2D eigenvalue weighted by molar-refractivity contribution is 7.10. The van der Waals surface area contributed by atoms with Crippen LogP contribution in [0.2, 0.25) is 0 Å². The van der Waals surface area contributed by atoms with Gasteiger partial charge in [-0.15, -0.1) is 11.3 Å². The Morgan fingerprint density at radius 2 is 0.982 bits per heavy atom. The molecule has 0 saturated carbocycles. The number of aromatic nitrogens is 4. The first-order valence-electron chi connectivity index (χ1n) is 39.4. The van der Waals surface area contributed by atoms with Gasteiger partial charge in [0.05, 0.1) is 52.0 Å². The summed E-state index contributed by atoms with van der Waals surface area (Å²) in [4.78, 5) is 11.8. The molecule has 1 aliphatic heterocycles. The topological polar surface area (TPSA) is 103 Å². The Hall–Kier alpha value is -8.19. The van der Waals surface area contributed by atoms with Crippen LogP contribution >= 0.6 is 22.7 Å². The van der Waals surface area contributed by atoms with E-state index in [1.165, 1.54) is 62.5 Å². The number of pyridine rings is 2. The predicted octanol–water partition coefficient (Wildman–Crippen LogP) is 29.2. The third-order valence-corrected chi connectivity index (χ3v) is 19.0. The molecule has 17 heteroatoms. The standard InChI is InChI=1S/C10H14O.2C9H10F2.C9H11F.2C8H11N.C7H12N2.C7H15NO.2C7H10O.2C7H10S.CH3F/c1-8(2)10-5-3-9(7-11)4-6-10;1-6(2)8-4-3-7(10)5-9(8)11;1-6(2)7-3-4-8(10)9(11)5-7;1-7(2)8-5-3-4-6-9(8)10;1-7(2)8-3-5-9-6-4-8;1-7(2)8-4-3-5-9-6-8;1-6(2)7-4-8-9(3)5-7;1-7(2)8-3-5-9-6-4-8;1-6(2)7-3-4-8-5-7;1-6(2)7-4-3-5-8-7;1-6(2)7-3-4-8-5-7;1-6(2)7-4-3-5-8-7;1-2/h3-6,8,11H,7H2,1-2H3;2*3-6H,1-2H3;3-7H,1-2H3;2*3-7H,1-2H3;4-6H,1-3H3;7H,3-6H2,1-2H3;4*3-6H,1-2H3;1H3. The Bertz CT molecular complexity index is 3770. The summed E-state index contributed by atoms with van der Waals surface area (Å²) in [6.07, 6.45) is 16.5. The second kappa shape index (κ2) is 61.3. The number of alkyl halides is 1. The van der Waals surface area contributed by atoms with Crippen molar-refractivity contribution in [1.82, 2.24) is 24.6 Å². The maximum Gasteiger partial charge on any atom is 0.159 e. The van der Waals surface area contributed by atoms with Gasteiger partial charge in [0, 0.05) is 74.0 Å². The van der Waals surface area contributed by atoms with Crippen LogP contribution in [-0.2, 0) is 18.4 Å². The Balaban J connectivity index is 0.00000121. The molecule has 0 radical (unpaired) electrons. The average molecular weight is 1600 g/mol. The van der Waals surface area contributed by atoms with Crippen molar-refractivity contribution in [3.8, 4) is 0 Å². The second-order valence-electron chi connectivity index (χ2n) is 30.4. The summed E-state index contributed by atoms with van der Waals surface area (Å²) in [6.45, 7) is 54.9. The molecular formula is C96H137F6N5O4S2. The highest BCUT2D eigenvalue weighted by Gasteiger charge is 2.13. The number of halogens is 6. The van der Waals surface area contributed by atoms with Crippen molar-refractivity contribution >= 4 is 22.7 Å². The highest BCUT2D eigenvalue weighted by atomic mass is 32.1. The van der Waals surface area contributed by atoms with Gasteiger partial charge < -0.3 is 18.7 Å². The first-order chi connectivity index (χ1) is 53.5. The number of aliphatic hydroxyl groups excluding tert-OH is 1. The van der Waals surface area contributed by atoms with Crippen LogP contribution in [0.1, 0.15) is 298 Å². The molecule has 0 amide bonds. The lowest BCUT2D eigenvalue weighted by molar-refractivity contribution is 0.0238. The van der Waals surface area contributed by atoms with Crippen molar-refractivity contribution in [3.05, 3.63) is 313 Å². The van der Waals surface area contributed by atoms with Gasteiger partial charge in [-0.1, -0.05) is 219 Å². The van der Waals surface area contributed by atoms with Gasteiger partial charge in [-0.3, -0.25) is 23.9 Å². The minimum absolute atomic E-state index is 0.0995. The van der Waals surface area contributed by atoms with Crippen LogP contribution in [0, 0.1) is 29.1 Å². The molecule has 8 heterocycles. The molecule has 0 bridgehead atoms. The Morgan fingerprint density at radius 1 is 0.425 bits per heavy atom. The van der Waals surface area contributed by atoms with Crippen LogP contribution in [0.15, 0.2) is 227 Å². The molecule has 1 aliphatic rings. The molecule has 0 spiro atoms. The lowest BCUT2D eigenvalue weighted by Gasteiger charge is -2.29. The number of furan rings is 2. The molecule has 0 atom stereocenters. The fourth-order valence-electron chi connectivity index (χ4n) is 9.54. The van der Waals surface area contributed by atoms with E-state index in [0.29, 0.717) is 66.1 Å². The van der Waals surface area contributed by atoms with Crippen molar-refractivity contribution in [2.75, 3.05) is 33.5 Å². The van der Waals surface area contributed by atoms with Crippen LogP contribution in [0.25, 0.3) is 0 Å². The first kappa shape index (κ1) is 105. The summed E-state index contributed by atoms with van der Waals surface area (Å²) in [5.41, 5.74) is 11.2. The molecule has 1 N–H and O–H groups in total. The molecule has 1 saturated heterocycles. The van der Waals surface area contributed by atoms with Gasteiger partial charge in [0.2, 0.25) is 0 Å². The van der Waals surface area contributed by atoms with Crippen LogP contribution in [0.4, 0.5) is 26.3 Å². The van der Waals surface area contributed by atoms with E-state index >= 15 is 0 Å². The van der Waals surface area contributed by atoms with E-state index < -0.39 is 23.3 Å². The van der Waals surface area contributed by atoms with Gasteiger partial charge in [-0.05, 0) is 218 Å². The summed E-state index contributed by atoms with van der Waals surface area (Å²) in [5, 5.41) is 19.3. The van der Waals surface area contributed by atoms with Gasteiger partial charge in [-0.2, -0.15) is 16.4 Å². The molecule has 4 aromatic carbocycles. The van der Waals surface area contributed by atoms with Crippen molar-refractivity contribution in [1.29, 1.82) is 0 Å². The number of benzene rings is 4. The van der Waals surface area contributed by atoms with E-state index in [1.54, 1.807) is 48.5 Å². The van der Waals surface area contributed by atoms with Crippen LogP contribution in [-0.4, -0.2) is 69.3 Å². The fourth-order valence-corrected chi connectivity index (χ4v) is 11.1. The van der Waals surface area contributed by atoms with E-state index in [0.717, 1.165) is 60.9 Å². The molecule has 0 unspecified atom stereocenters. The average Bonchev–Trinajstić information content (AvgIpc) is 1.69. The molecule has 11 aromatic rings. The molecule has 7 aromatic heterocycles. The number of morpholine rings is 1. The Kier molecular flexibility index (Phi) is 56.8. The smallest absolute Gasteiger partial charge is 0.159 e. The summed E-state index contributed by atoms with van der Waals surface area (Å²) in [7, 11) is 2.44. The van der Waals surface area contributed by atoms with E-state index in [-0.39, 0.29) is 30.2 Å². The third-order valence-electron chi connectivity index (χ3n) is 17.1. The summed E-state index contributed by atoms with van der Waals surface area (Å²) in [5.74, 6) is 3.95. The van der Waals surface area contributed by atoms with E-state index in [4.69, 9.17) is 18.7 Å². The molecule has 624 valence electrons. The lowest BCUT2D eigenvalue weighted by Crippen LogP contribution is -2.40. The number of thiophene rings is 2. The van der Waals surface area contributed by atoms with Crippen molar-refractivity contribution < 1.29 is 45.0 Å². The van der Waals surface area contributed by atoms with Gasteiger partial charge in [-0.25, -0.2) is 22.0 Å². The predicted molar refractivity (Wildman–Crippen MR) is 469 cm³/mol. The van der Waals surface area contributed by atoms with Gasteiger partial charge in [0.25, 0.3) is 0 Å². The van der Waals surface area contributed by atoms with Crippen LogP contribution in [0.3, 0.4) is 0 Å². The van der Waals surface area contributed by atoms with Crippen molar-refractivity contribution in [3.63, 3.8) is 0 Å². The maximum absolute atomic E-state index is 12.9. The second-order valence-corrected chi connectivity index (χ2v) is 32.1. The highest BCUT2D eigenvalue weighted by Crippen LogP contribution is 2.23. The normalized spacial score (nSPS) is 11.3. The fraction of sp³-hybridized carbons (Fsp3) is 0.448. The van der Waals surface area contributed by atoms with Crippen LogP contribution < -0.4 is 0 Å². The van der Waals surface area contributed by atoms with E-state index in [9.17, 15) is 26.3 Å². The number of hydrogen-bond acceptors (Lipinski definition) is 10.